The van der Waals surface area contributed by atoms with Crippen LogP contribution in [0, 0.1) is 0 Å². The minimum Gasteiger partial charge on any atom is -0.497 e. The first kappa shape index (κ1) is 26.1. The first-order chi connectivity index (χ1) is 17.9. The molecule has 4 rings (SSSR count). The number of carbonyl (C=O) groups is 1. The molecule has 0 radical (unpaired) electrons. The second kappa shape index (κ2) is 11.8. The van der Waals surface area contributed by atoms with Gasteiger partial charge in [0.2, 0.25) is 5.91 Å². The van der Waals surface area contributed by atoms with E-state index in [2.05, 4.69) is 10.0 Å². The van der Waals surface area contributed by atoms with Gasteiger partial charge in [-0.1, -0.05) is 24.3 Å². The first-order valence-corrected chi connectivity index (χ1v) is 13.1. The van der Waals surface area contributed by atoms with Crippen LogP contribution in [0.3, 0.4) is 0 Å². The number of hydrogen-bond donors (Lipinski definition) is 2. The number of hydrogen-bond acceptors (Lipinski definition) is 7. The van der Waals surface area contributed by atoms with Crippen LogP contribution in [0.5, 0.6) is 11.5 Å². The lowest BCUT2D eigenvalue weighted by atomic mass is 10.2. The van der Waals surface area contributed by atoms with Gasteiger partial charge in [-0.2, -0.15) is 0 Å². The van der Waals surface area contributed by atoms with Crippen LogP contribution in [0.15, 0.2) is 77.7 Å². The van der Waals surface area contributed by atoms with E-state index in [1.54, 1.807) is 55.7 Å². The summed E-state index contributed by atoms with van der Waals surface area (Å²) in [6, 6.07) is 18.9. The molecule has 1 saturated heterocycles. The molecule has 1 heterocycles. The largest absolute Gasteiger partial charge is 0.497 e. The highest BCUT2D eigenvalue weighted by Gasteiger charge is 2.25. The van der Waals surface area contributed by atoms with Crippen LogP contribution in [-0.2, 0) is 19.6 Å². The van der Waals surface area contributed by atoms with Crippen LogP contribution < -0.4 is 24.4 Å². The second-order valence-electron chi connectivity index (χ2n) is 8.19. The third-order valence-electron chi connectivity index (χ3n) is 5.74. The maximum absolute atomic E-state index is 13.6. The summed E-state index contributed by atoms with van der Waals surface area (Å²) < 4.78 is 45.7. The smallest absolute Gasteiger partial charge is 0.264 e. The number of para-hydroxylation sites is 2. The zero-order valence-corrected chi connectivity index (χ0v) is 21.5. The van der Waals surface area contributed by atoms with E-state index in [0.29, 0.717) is 54.9 Å². The Bertz CT molecular complexity index is 1380. The molecule has 3 aromatic rings. The van der Waals surface area contributed by atoms with E-state index in [1.807, 2.05) is 23.1 Å². The summed E-state index contributed by atoms with van der Waals surface area (Å²) in [6.07, 6.45) is 3.03. The Morgan fingerprint density at radius 1 is 0.973 bits per heavy atom. The molecular weight excluding hydrogens is 494 g/mol. The summed E-state index contributed by atoms with van der Waals surface area (Å²) in [6.45, 7) is 2.08. The second-order valence-corrected chi connectivity index (χ2v) is 9.84. The number of carbonyl (C=O) groups excluding carboxylic acids is 1. The molecule has 0 bridgehead atoms. The van der Waals surface area contributed by atoms with E-state index in [9.17, 15) is 13.2 Å². The highest BCUT2D eigenvalue weighted by atomic mass is 32.2. The number of sulfonamides is 1. The molecule has 2 N–H and O–H groups in total. The zero-order chi connectivity index (χ0) is 26.3. The molecule has 0 aromatic heterocycles. The predicted octanol–water partition coefficient (Wildman–Crippen LogP) is 3.99. The summed E-state index contributed by atoms with van der Waals surface area (Å²) in [4.78, 5) is 14.6. The number of rotatable bonds is 9. The Morgan fingerprint density at radius 2 is 1.76 bits per heavy atom. The Balaban J connectivity index is 1.62. The SMILES string of the molecule is COc1cccc(C=CC(=O)Nc2ccc(N3CCOCC3)c(S(=O)(=O)Nc3ccccc3OC)c2)c1. The van der Waals surface area contributed by atoms with Crippen molar-refractivity contribution in [2.24, 2.45) is 0 Å². The molecule has 194 valence electrons. The lowest BCUT2D eigenvalue weighted by molar-refractivity contribution is -0.111. The lowest BCUT2D eigenvalue weighted by Gasteiger charge is -2.30. The molecule has 3 aromatic carbocycles. The summed E-state index contributed by atoms with van der Waals surface area (Å²) in [5.41, 5.74) is 1.98. The van der Waals surface area contributed by atoms with Gasteiger partial charge in [-0.05, 0) is 54.1 Å². The quantitative estimate of drug-likeness (QED) is 0.409. The van der Waals surface area contributed by atoms with Gasteiger partial charge >= 0.3 is 0 Å². The van der Waals surface area contributed by atoms with Gasteiger partial charge in [0.15, 0.2) is 0 Å². The van der Waals surface area contributed by atoms with E-state index in [0.717, 1.165) is 5.56 Å². The molecule has 9 nitrogen and oxygen atoms in total. The van der Waals surface area contributed by atoms with Crippen LogP contribution in [-0.4, -0.2) is 54.8 Å². The van der Waals surface area contributed by atoms with E-state index in [-0.39, 0.29) is 4.90 Å². The van der Waals surface area contributed by atoms with Crippen molar-refractivity contribution in [1.82, 2.24) is 0 Å². The normalized spacial score (nSPS) is 13.8. The summed E-state index contributed by atoms with van der Waals surface area (Å²) in [7, 11) is -0.995. The number of morpholine rings is 1. The molecule has 10 heteroatoms. The molecule has 0 unspecified atom stereocenters. The third-order valence-corrected chi connectivity index (χ3v) is 7.14. The fourth-order valence-corrected chi connectivity index (χ4v) is 5.23. The Labute approximate surface area is 216 Å². The van der Waals surface area contributed by atoms with Gasteiger partial charge in [0, 0.05) is 24.9 Å². The number of nitrogens with one attached hydrogen (secondary N) is 2. The van der Waals surface area contributed by atoms with Crippen molar-refractivity contribution in [3.8, 4) is 11.5 Å². The van der Waals surface area contributed by atoms with E-state index in [4.69, 9.17) is 14.2 Å². The van der Waals surface area contributed by atoms with Gasteiger partial charge in [0.1, 0.15) is 16.4 Å². The number of anilines is 3. The maximum Gasteiger partial charge on any atom is 0.264 e. The van der Waals surface area contributed by atoms with Crippen molar-refractivity contribution in [3.05, 3.63) is 78.4 Å². The van der Waals surface area contributed by atoms with Gasteiger partial charge in [-0.15, -0.1) is 0 Å². The fraction of sp³-hybridized carbons (Fsp3) is 0.222. The predicted molar refractivity (Wildman–Crippen MR) is 144 cm³/mol. The van der Waals surface area contributed by atoms with Crippen molar-refractivity contribution in [2.45, 2.75) is 4.90 Å². The van der Waals surface area contributed by atoms with E-state index < -0.39 is 15.9 Å². The highest BCUT2D eigenvalue weighted by Crippen LogP contribution is 2.33. The monoisotopic (exact) mass is 523 g/mol. The van der Waals surface area contributed by atoms with Crippen molar-refractivity contribution in [3.63, 3.8) is 0 Å². The average Bonchev–Trinajstić information content (AvgIpc) is 2.92. The standard InChI is InChI=1S/C27H29N3O6S/c1-34-22-7-5-6-20(18-22)10-13-27(31)28-21-11-12-24(30-14-16-36-17-15-30)26(19-21)37(32,33)29-23-8-3-4-9-25(23)35-2/h3-13,18-19,29H,14-17H2,1-2H3,(H,28,31). The van der Waals surface area contributed by atoms with Crippen molar-refractivity contribution < 1.29 is 27.4 Å². The average molecular weight is 524 g/mol. The number of methoxy groups -OCH3 is 2. The molecule has 37 heavy (non-hydrogen) atoms. The van der Waals surface area contributed by atoms with Crippen LogP contribution in [0.25, 0.3) is 6.08 Å². The zero-order valence-electron chi connectivity index (χ0n) is 20.6. The molecule has 1 amide bonds. The topological polar surface area (TPSA) is 106 Å². The van der Waals surface area contributed by atoms with Crippen molar-refractivity contribution in [2.75, 3.05) is 55.5 Å². The Morgan fingerprint density at radius 3 is 2.51 bits per heavy atom. The lowest BCUT2D eigenvalue weighted by Crippen LogP contribution is -2.37. The molecule has 1 aliphatic rings. The van der Waals surface area contributed by atoms with Crippen LogP contribution in [0.1, 0.15) is 5.56 Å². The summed E-state index contributed by atoms with van der Waals surface area (Å²) in [5, 5.41) is 2.75. The van der Waals surface area contributed by atoms with Crippen molar-refractivity contribution >= 4 is 39.1 Å². The fourth-order valence-electron chi connectivity index (χ4n) is 3.90. The first-order valence-electron chi connectivity index (χ1n) is 11.7. The number of nitrogens with zero attached hydrogens (tertiary/aromatic N) is 1. The molecule has 1 fully saturated rings. The molecular formula is C27H29N3O6S. The summed E-state index contributed by atoms with van der Waals surface area (Å²) in [5.74, 6) is 0.674. The van der Waals surface area contributed by atoms with Crippen molar-refractivity contribution in [1.29, 1.82) is 0 Å². The third kappa shape index (κ3) is 6.60. The molecule has 0 spiro atoms. The van der Waals surface area contributed by atoms with E-state index in [1.165, 1.54) is 19.3 Å². The maximum atomic E-state index is 13.6. The minimum atomic E-state index is -4.04. The van der Waals surface area contributed by atoms with Gasteiger partial charge in [-0.3, -0.25) is 9.52 Å². The molecule has 0 atom stereocenters. The van der Waals surface area contributed by atoms with Gasteiger partial charge in [0.25, 0.3) is 10.0 Å². The van der Waals surface area contributed by atoms with Crippen LogP contribution in [0.4, 0.5) is 17.1 Å². The number of amides is 1. The molecule has 0 aliphatic carbocycles. The van der Waals surface area contributed by atoms with Crippen LogP contribution >= 0.6 is 0 Å². The molecule has 0 saturated carbocycles. The summed E-state index contributed by atoms with van der Waals surface area (Å²) >= 11 is 0. The van der Waals surface area contributed by atoms with Gasteiger partial charge in [0.05, 0.1) is 38.8 Å². The Kier molecular flexibility index (Phi) is 8.32. The Hall–Kier alpha value is -4.02. The highest BCUT2D eigenvalue weighted by molar-refractivity contribution is 7.93. The molecule has 1 aliphatic heterocycles. The van der Waals surface area contributed by atoms with Gasteiger partial charge < -0.3 is 24.4 Å². The van der Waals surface area contributed by atoms with E-state index >= 15 is 0 Å². The number of ether oxygens (including phenoxy) is 3. The van der Waals surface area contributed by atoms with Crippen LogP contribution in [0.2, 0.25) is 0 Å². The number of benzene rings is 3. The van der Waals surface area contributed by atoms with Gasteiger partial charge in [-0.25, -0.2) is 8.42 Å². The minimum absolute atomic E-state index is 0.0369.